The number of hydrogen-bond acceptors (Lipinski definition) is 4. The number of unbranched alkanes of at least 4 members (excludes halogenated alkanes) is 1. The van der Waals surface area contributed by atoms with E-state index < -0.39 is 0 Å². The Kier molecular flexibility index (Phi) is 6.49. The van der Waals surface area contributed by atoms with E-state index >= 15 is 0 Å². The third-order valence-electron chi connectivity index (χ3n) is 6.26. The maximum Gasteiger partial charge on any atom is 0.277 e. The van der Waals surface area contributed by atoms with Gasteiger partial charge in [0.05, 0.1) is 6.20 Å². The molecule has 5 aromatic rings. The maximum absolute atomic E-state index is 13.6. The van der Waals surface area contributed by atoms with Crippen LogP contribution in [0.5, 0.6) is 0 Å². The number of aromatic nitrogens is 2. The van der Waals surface area contributed by atoms with E-state index in [0.29, 0.717) is 18.1 Å². The fourth-order valence-corrected chi connectivity index (χ4v) is 4.37. The number of anilines is 1. The molecule has 0 radical (unpaired) electrons. The van der Waals surface area contributed by atoms with Crippen molar-refractivity contribution in [3.63, 3.8) is 0 Å². The Labute approximate surface area is 204 Å². The van der Waals surface area contributed by atoms with Crippen LogP contribution in [0.3, 0.4) is 0 Å². The summed E-state index contributed by atoms with van der Waals surface area (Å²) in [4.78, 5) is 18.2. The highest BCUT2D eigenvalue weighted by Gasteiger charge is 2.15. The van der Waals surface area contributed by atoms with Gasteiger partial charge in [0.2, 0.25) is 0 Å². The summed E-state index contributed by atoms with van der Waals surface area (Å²) >= 11 is 0. The van der Waals surface area contributed by atoms with Gasteiger partial charge in [-0.15, -0.1) is 0 Å². The molecule has 0 unspecified atom stereocenters. The van der Waals surface area contributed by atoms with Gasteiger partial charge in [-0.25, -0.2) is 4.98 Å². The first-order valence-corrected chi connectivity index (χ1v) is 12.1. The highest BCUT2D eigenvalue weighted by Crippen LogP contribution is 2.31. The van der Waals surface area contributed by atoms with Gasteiger partial charge < -0.3 is 9.73 Å². The monoisotopic (exact) mass is 463 g/mol. The van der Waals surface area contributed by atoms with E-state index in [1.165, 1.54) is 0 Å². The van der Waals surface area contributed by atoms with E-state index in [0.717, 1.165) is 45.9 Å². The predicted octanol–water partition coefficient (Wildman–Crippen LogP) is 7.34. The van der Waals surface area contributed by atoms with Gasteiger partial charge in [0.1, 0.15) is 22.7 Å². The van der Waals surface area contributed by atoms with Crippen LogP contribution in [0.25, 0.3) is 33.3 Å². The van der Waals surface area contributed by atoms with Crippen molar-refractivity contribution >= 4 is 27.6 Å². The van der Waals surface area contributed by atoms with Crippen LogP contribution in [0.4, 0.5) is 5.69 Å². The standard InChI is InChI=1S/C30H29N3O2/c1-3-4-5-11-18-33-29(22-12-7-6-8-13-22)31-20-26(30(33)34)32-21(2)23-16-17-28-25(19-23)24-14-9-10-15-27(24)35-28/h5-17,19-21,32H,3-4,18H2,1-2H3/b11-5-/t21-/m0/s1. The van der Waals surface area contributed by atoms with Crippen molar-refractivity contribution in [1.82, 2.24) is 9.55 Å². The molecule has 0 amide bonds. The molecule has 176 valence electrons. The zero-order valence-corrected chi connectivity index (χ0v) is 20.1. The topological polar surface area (TPSA) is 60.1 Å². The summed E-state index contributed by atoms with van der Waals surface area (Å²) in [5, 5.41) is 5.56. The van der Waals surface area contributed by atoms with Gasteiger partial charge in [0.25, 0.3) is 5.56 Å². The van der Waals surface area contributed by atoms with Crippen LogP contribution >= 0.6 is 0 Å². The molecular formula is C30H29N3O2. The molecule has 5 rings (SSSR count). The summed E-state index contributed by atoms with van der Waals surface area (Å²) in [5.74, 6) is 0.668. The van der Waals surface area contributed by atoms with Crippen LogP contribution in [-0.2, 0) is 6.54 Å². The highest BCUT2D eigenvalue weighted by molar-refractivity contribution is 6.05. The normalized spacial score (nSPS) is 12.5. The van der Waals surface area contributed by atoms with Crippen molar-refractivity contribution < 1.29 is 4.42 Å². The highest BCUT2D eigenvalue weighted by atomic mass is 16.3. The van der Waals surface area contributed by atoms with Crippen molar-refractivity contribution in [1.29, 1.82) is 0 Å². The molecule has 0 bridgehead atoms. The molecule has 0 fully saturated rings. The average Bonchev–Trinajstić information content (AvgIpc) is 3.27. The van der Waals surface area contributed by atoms with E-state index in [1.807, 2.05) is 66.7 Å². The van der Waals surface area contributed by atoms with E-state index in [1.54, 1.807) is 10.8 Å². The third-order valence-corrected chi connectivity index (χ3v) is 6.26. The number of fused-ring (bicyclic) bond motifs is 3. The number of allylic oxidation sites excluding steroid dienone is 2. The fourth-order valence-electron chi connectivity index (χ4n) is 4.37. The van der Waals surface area contributed by atoms with Crippen LogP contribution in [0.1, 0.15) is 38.3 Å². The van der Waals surface area contributed by atoms with Gasteiger partial charge in [-0.05, 0) is 37.1 Å². The maximum atomic E-state index is 13.6. The van der Waals surface area contributed by atoms with Crippen molar-refractivity contribution in [3.05, 3.63) is 107 Å². The molecule has 0 saturated carbocycles. The van der Waals surface area contributed by atoms with Gasteiger partial charge in [0.15, 0.2) is 0 Å². The Morgan fingerprint density at radius 3 is 2.57 bits per heavy atom. The first-order chi connectivity index (χ1) is 17.2. The minimum atomic E-state index is -0.0887. The van der Waals surface area contributed by atoms with Crippen molar-refractivity contribution in [3.8, 4) is 11.4 Å². The molecule has 2 heterocycles. The van der Waals surface area contributed by atoms with Crippen molar-refractivity contribution in [2.75, 3.05) is 5.32 Å². The smallest absolute Gasteiger partial charge is 0.277 e. The first kappa shape index (κ1) is 22.7. The zero-order chi connectivity index (χ0) is 24.2. The van der Waals surface area contributed by atoms with Crippen LogP contribution in [0, 0.1) is 0 Å². The number of furan rings is 1. The summed E-state index contributed by atoms with van der Waals surface area (Å²) in [6.45, 7) is 4.68. The van der Waals surface area contributed by atoms with E-state index in [-0.39, 0.29) is 11.6 Å². The Morgan fingerprint density at radius 1 is 0.971 bits per heavy atom. The lowest BCUT2D eigenvalue weighted by molar-refractivity contribution is 0.668. The second-order valence-corrected chi connectivity index (χ2v) is 8.76. The molecule has 3 aromatic carbocycles. The molecule has 2 aromatic heterocycles. The lowest BCUT2D eigenvalue weighted by Gasteiger charge is -2.18. The molecule has 5 nitrogen and oxygen atoms in total. The summed E-state index contributed by atoms with van der Waals surface area (Å²) in [6, 6.07) is 24.0. The van der Waals surface area contributed by atoms with Crippen LogP contribution < -0.4 is 10.9 Å². The van der Waals surface area contributed by atoms with Gasteiger partial charge in [0, 0.05) is 28.9 Å². The molecule has 0 saturated heterocycles. The van der Waals surface area contributed by atoms with E-state index in [2.05, 4.69) is 42.4 Å². The molecule has 0 aliphatic carbocycles. The molecule has 35 heavy (non-hydrogen) atoms. The molecule has 0 aliphatic rings. The Balaban J connectivity index is 1.48. The summed E-state index contributed by atoms with van der Waals surface area (Å²) in [7, 11) is 0. The molecule has 0 aliphatic heterocycles. The second-order valence-electron chi connectivity index (χ2n) is 8.76. The van der Waals surface area contributed by atoms with E-state index in [9.17, 15) is 4.79 Å². The minimum absolute atomic E-state index is 0.0818. The fraction of sp³-hybridized carbons (Fsp3) is 0.200. The van der Waals surface area contributed by atoms with E-state index in [4.69, 9.17) is 4.42 Å². The molecule has 0 spiro atoms. The number of hydrogen-bond donors (Lipinski definition) is 1. The molecule has 1 N–H and O–H groups in total. The summed E-state index contributed by atoms with van der Waals surface area (Å²) in [6.07, 6.45) is 7.88. The Morgan fingerprint density at radius 2 is 1.74 bits per heavy atom. The van der Waals surface area contributed by atoms with Gasteiger partial charge in [-0.2, -0.15) is 0 Å². The van der Waals surface area contributed by atoms with Crippen molar-refractivity contribution in [2.45, 2.75) is 39.3 Å². The Hall–Kier alpha value is -4.12. The third kappa shape index (κ3) is 4.62. The molecule has 1 atom stereocenters. The van der Waals surface area contributed by atoms with Crippen LogP contribution in [-0.4, -0.2) is 9.55 Å². The second kappa shape index (κ2) is 10.0. The number of nitrogens with one attached hydrogen (secondary N) is 1. The Bertz CT molecular complexity index is 1550. The minimum Gasteiger partial charge on any atom is -0.456 e. The summed E-state index contributed by atoms with van der Waals surface area (Å²) in [5.41, 5.74) is 4.13. The number of nitrogens with zero attached hydrogens (tertiary/aromatic N) is 2. The van der Waals surface area contributed by atoms with Gasteiger partial charge >= 0.3 is 0 Å². The predicted molar refractivity (Wildman–Crippen MR) is 144 cm³/mol. The number of benzene rings is 3. The summed E-state index contributed by atoms with van der Waals surface area (Å²) < 4.78 is 7.70. The lowest BCUT2D eigenvalue weighted by Crippen LogP contribution is -2.26. The average molecular weight is 464 g/mol. The molecule has 5 heteroatoms. The quantitative estimate of drug-likeness (QED) is 0.245. The van der Waals surface area contributed by atoms with Crippen LogP contribution in [0.15, 0.2) is 100 Å². The largest absolute Gasteiger partial charge is 0.456 e. The lowest BCUT2D eigenvalue weighted by atomic mass is 10.0. The van der Waals surface area contributed by atoms with Gasteiger partial charge in [-0.1, -0.05) is 80.1 Å². The first-order valence-electron chi connectivity index (χ1n) is 12.1. The van der Waals surface area contributed by atoms with Crippen LogP contribution in [0.2, 0.25) is 0 Å². The zero-order valence-electron chi connectivity index (χ0n) is 20.1. The van der Waals surface area contributed by atoms with Crippen molar-refractivity contribution in [2.24, 2.45) is 0 Å². The molecular weight excluding hydrogens is 434 g/mol. The number of para-hydroxylation sites is 1. The number of rotatable bonds is 8. The van der Waals surface area contributed by atoms with Gasteiger partial charge in [-0.3, -0.25) is 9.36 Å². The SMILES string of the molecule is CCC/C=C\Cn1c(-c2ccccc2)ncc(N[C@@H](C)c2ccc3oc4ccccc4c3c2)c1=O.